The minimum Gasteiger partial charge on any atom is -0.480 e. The Kier molecular flexibility index (Phi) is 7.72. The number of hydrogen-bond donors (Lipinski definition) is 4. The second-order valence-electron chi connectivity index (χ2n) is 12.9. The lowest BCUT2D eigenvalue weighted by Gasteiger charge is -2.64. The van der Waals surface area contributed by atoms with Gasteiger partial charge in [-0.25, -0.2) is 13.1 Å². The van der Waals surface area contributed by atoms with Gasteiger partial charge in [0.15, 0.2) is 5.75 Å². The van der Waals surface area contributed by atoms with Gasteiger partial charge in [-0.2, -0.15) is 0 Å². The largest absolute Gasteiger partial charge is 0.480 e. The predicted molar refractivity (Wildman–Crippen MR) is 135 cm³/mol. The quantitative estimate of drug-likeness (QED) is 0.393. The number of carboxylic acids is 1. The van der Waals surface area contributed by atoms with Crippen LogP contribution >= 0.6 is 0 Å². The van der Waals surface area contributed by atoms with Gasteiger partial charge in [0.05, 0.1) is 12.2 Å². The molecular formula is C27H47NO6S. The van der Waals surface area contributed by atoms with Crippen LogP contribution in [0.15, 0.2) is 0 Å². The van der Waals surface area contributed by atoms with Crippen molar-refractivity contribution in [1.29, 1.82) is 0 Å². The Labute approximate surface area is 211 Å². The number of carboxylic acid groups (broad SMARTS) is 1. The van der Waals surface area contributed by atoms with Crippen molar-refractivity contribution < 1.29 is 28.5 Å². The first-order valence-corrected chi connectivity index (χ1v) is 15.5. The van der Waals surface area contributed by atoms with Crippen LogP contribution in [-0.2, 0) is 14.8 Å². The lowest BCUT2D eigenvalue weighted by molar-refractivity contribution is -0.203. The number of aliphatic hydroxyl groups excluding tert-OH is 2. The summed E-state index contributed by atoms with van der Waals surface area (Å²) in [6.45, 7) is 9.55. The van der Waals surface area contributed by atoms with Crippen molar-refractivity contribution in [3.8, 4) is 0 Å². The zero-order chi connectivity index (χ0) is 25.8. The molecule has 0 bridgehead atoms. The fourth-order valence-electron chi connectivity index (χ4n) is 9.79. The zero-order valence-corrected chi connectivity index (χ0v) is 22.8. The number of carbonyl (C=O) groups is 1. The lowest BCUT2D eigenvalue weighted by atomic mass is 9.41. The summed E-state index contributed by atoms with van der Waals surface area (Å²) >= 11 is 0. The van der Waals surface area contributed by atoms with Gasteiger partial charge in [0.2, 0.25) is 10.0 Å². The topological polar surface area (TPSA) is 124 Å². The van der Waals surface area contributed by atoms with Gasteiger partial charge in [-0.1, -0.05) is 34.1 Å². The summed E-state index contributed by atoms with van der Waals surface area (Å²) < 4.78 is 26.3. The number of fused-ring (bicyclic) bond motifs is 5. The van der Waals surface area contributed by atoms with Gasteiger partial charge in [-0.05, 0) is 104 Å². The first kappa shape index (κ1) is 27.3. The van der Waals surface area contributed by atoms with Gasteiger partial charge in [-0.3, -0.25) is 4.79 Å². The normalized spacial score (nSPS) is 46.3. The molecule has 4 saturated carbocycles. The van der Waals surface area contributed by atoms with E-state index in [1.165, 1.54) is 0 Å². The highest BCUT2D eigenvalue weighted by molar-refractivity contribution is 7.90. The molecule has 4 unspecified atom stereocenters. The van der Waals surface area contributed by atoms with Gasteiger partial charge >= 0.3 is 5.97 Å². The molecule has 0 aromatic carbocycles. The minimum absolute atomic E-state index is 0.136. The standard InChI is InChI=1S/C27H47NO6S/c1-5-18-22-14-17(29)8-11-27(22,4)21-9-12-26(3)19(6-7-20(26)24(21)25(18)32)16(2)10-13-28-35(33,34)15-23(30)31/h16-22,24-25,28-29,32H,5-15H2,1-4H3,(H,30,31)/t16-,17-,18-,19-,20+,21+,22?,24?,25-,26?,27?/m1/s1. The molecule has 35 heavy (non-hydrogen) atoms. The van der Waals surface area contributed by atoms with Gasteiger partial charge in [0.25, 0.3) is 0 Å². The SMILES string of the molecule is CC[C@@H]1C2C[C@H](O)CCC2(C)[C@H]2CCC3(C)[C@@H]([C@H](C)CCNS(=O)(=O)CC(=O)O)CC[C@H]3C2[C@@H]1O. The Hall–Kier alpha value is -0.700. The second-order valence-corrected chi connectivity index (χ2v) is 14.7. The van der Waals surface area contributed by atoms with Crippen LogP contribution in [0.4, 0.5) is 0 Å². The maximum absolute atomic E-state index is 11.9. The molecule has 8 heteroatoms. The van der Waals surface area contributed by atoms with Crippen molar-refractivity contribution in [3.63, 3.8) is 0 Å². The predicted octanol–water partition coefficient (Wildman–Crippen LogP) is 3.64. The van der Waals surface area contributed by atoms with E-state index < -0.39 is 21.7 Å². The molecule has 0 aliphatic heterocycles. The van der Waals surface area contributed by atoms with Crippen molar-refractivity contribution in [3.05, 3.63) is 0 Å². The molecule has 4 fully saturated rings. The Morgan fingerprint density at radius 2 is 1.69 bits per heavy atom. The Bertz CT molecular complexity index is 894. The number of aliphatic carboxylic acids is 1. The Morgan fingerprint density at radius 1 is 1.03 bits per heavy atom. The smallest absolute Gasteiger partial charge is 0.320 e. The van der Waals surface area contributed by atoms with Crippen LogP contribution in [0.1, 0.15) is 85.5 Å². The summed E-state index contributed by atoms with van der Waals surface area (Å²) in [4.78, 5) is 10.8. The van der Waals surface area contributed by atoms with E-state index in [-0.39, 0.29) is 35.5 Å². The molecule has 0 saturated heterocycles. The molecule has 7 nitrogen and oxygen atoms in total. The molecular weight excluding hydrogens is 466 g/mol. The van der Waals surface area contributed by atoms with Crippen molar-refractivity contribution >= 4 is 16.0 Å². The highest BCUT2D eigenvalue weighted by Gasteiger charge is 2.64. The van der Waals surface area contributed by atoms with E-state index in [1.807, 2.05) is 0 Å². The highest BCUT2D eigenvalue weighted by Crippen LogP contribution is 2.69. The summed E-state index contributed by atoms with van der Waals surface area (Å²) in [5.41, 5.74) is 0.328. The van der Waals surface area contributed by atoms with E-state index in [4.69, 9.17) is 5.11 Å². The van der Waals surface area contributed by atoms with Crippen LogP contribution in [0.25, 0.3) is 0 Å². The number of rotatable bonds is 8. The average Bonchev–Trinajstić information content (AvgIpc) is 3.11. The fourth-order valence-corrected chi connectivity index (χ4v) is 10.6. The third-order valence-corrected chi connectivity index (χ3v) is 12.7. The van der Waals surface area contributed by atoms with Crippen LogP contribution < -0.4 is 4.72 Å². The number of hydrogen-bond acceptors (Lipinski definition) is 5. The molecule has 202 valence electrons. The summed E-state index contributed by atoms with van der Waals surface area (Å²) in [5.74, 6) is 0.508. The zero-order valence-electron chi connectivity index (χ0n) is 21.9. The monoisotopic (exact) mass is 513 g/mol. The van der Waals surface area contributed by atoms with Gasteiger partial charge < -0.3 is 15.3 Å². The van der Waals surface area contributed by atoms with E-state index in [0.29, 0.717) is 41.9 Å². The first-order chi connectivity index (χ1) is 16.3. The molecule has 4 rings (SSSR count). The molecule has 0 heterocycles. The van der Waals surface area contributed by atoms with Crippen molar-refractivity contribution in [1.82, 2.24) is 4.72 Å². The van der Waals surface area contributed by atoms with E-state index in [9.17, 15) is 23.4 Å². The summed E-state index contributed by atoms with van der Waals surface area (Å²) in [6, 6.07) is 0. The van der Waals surface area contributed by atoms with Gasteiger partial charge in [0, 0.05) is 6.54 Å². The highest BCUT2D eigenvalue weighted by atomic mass is 32.2. The molecule has 0 aromatic rings. The summed E-state index contributed by atoms with van der Waals surface area (Å²) in [7, 11) is -3.79. The third kappa shape index (κ3) is 4.82. The van der Waals surface area contributed by atoms with Crippen molar-refractivity contribution in [2.45, 2.75) is 97.7 Å². The molecule has 0 aromatic heterocycles. The molecule has 0 spiro atoms. The lowest BCUT2D eigenvalue weighted by Crippen LogP contribution is -2.62. The molecule has 4 N–H and O–H groups in total. The minimum atomic E-state index is -3.79. The Balaban J connectivity index is 1.49. The molecule has 0 radical (unpaired) electrons. The van der Waals surface area contributed by atoms with Gasteiger partial charge in [0.1, 0.15) is 0 Å². The molecule has 4 aliphatic rings. The number of aliphatic hydroxyl groups is 2. The maximum atomic E-state index is 11.9. The van der Waals surface area contributed by atoms with E-state index in [1.54, 1.807) is 0 Å². The van der Waals surface area contributed by atoms with E-state index in [2.05, 4.69) is 32.4 Å². The van der Waals surface area contributed by atoms with Crippen LogP contribution in [0, 0.1) is 52.3 Å². The summed E-state index contributed by atoms with van der Waals surface area (Å²) in [6.07, 6.45) is 8.37. The molecule has 0 amide bonds. The van der Waals surface area contributed by atoms with Crippen molar-refractivity contribution in [2.24, 2.45) is 52.3 Å². The molecule has 4 aliphatic carbocycles. The number of sulfonamides is 1. The van der Waals surface area contributed by atoms with Crippen molar-refractivity contribution in [2.75, 3.05) is 12.3 Å². The number of nitrogens with one attached hydrogen (secondary N) is 1. The van der Waals surface area contributed by atoms with E-state index >= 15 is 0 Å². The third-order valence-electron chi connectivity index (χ3n) is 11.4. The van der Waals surface area contributed by atoms with E-state index in [0.717, 1.165) is 51.4 Å². The first-order valence-electron chi connectivity index (χ1n) is 13.9. The average molecular weight is 514 g/mol. The van der Waals surface area contributed by atoms with Crippen LogP contribution in [-0.4, -0.2) is 54.2 Å². The van der Waals surface area contributed by atoms with Gasteiger partial charge in [-0.15, -0.1) is 0 Å². The molecule has 11 atom stereocenters. The Morgan fingerprint density at radius 3 is 2.34 bits per heavy atom. The second kappa shape index (κ2) is 9.88. The maximum Gasteiger partial charge on any atom is 0.320 e. The summed E-state index contributed by atoms with van der Waals surface area (Å²) in [5, 5.41) is 31.0. The van der Waals surface area contributed by atoms with Crippen LogP contribution in [0.5, 0.6) is 0 Å². The van der Waals surface area contributed by atoms with Crippen LogP contribution in [0.2, 0.25) is 0 Å². The van der Waals surface area contributed by atoms with Crippen LogP contribution in [0.3, 0.4) is 0 Å². The fraction of sp³-hybridized carbons (Fsp3) is 0.963.